The number of hydrogen-bond donors (Lipinski definition) is 1. The van der Waals surface area contributed by atoms with Crippen LogP contribution in [0, 0.1) is 5.92 Å². The molecule has 0 bridgehead atoms. The number of likely N-dealkylation sites (tertiary alicyclic amines) is 1. The van der Waals surface area contributed by atoms with Crippen molar-refractivity contribution in [2.75, 3.05) is 32.6 Å². The van der Waals surface area contributed by atoms with Crippen molar-refractivity contribution < 1.29 is 23.9 Å². The molecule has 1 aliphatic heterocycles. The van der Waals surface area contributed by atoms with Gasteiger partial charge in [-0.15, -0.1) is 0 Å². The van der Waals surface area contributed by atoms with Gasteiger partial charge in [0.25, 0.3) is 0 Å². The molecule has 7 nitrogen and oxygen atoms in total. The Morgan fingerprint density at radius 1 is 1.00 bits per heavy atom. The smallest absolute Gasteiger partial charge is 0.337 e. The molecule has 1 amide bonds. The predicted molar refractivity (Wildman–Crippen MR) is 120 cm³/mol. The van der Waals surface area contributed by atoms with Crippen molar-refractivity contribution in [1.29, 1.82) is 0 Å². The number of halogens is 1. The van der Waals surface area contributed by atoms with E-state index in [-0.39, 0.29) is 23.0 Å². The lowest BCUT2D eigenvalue weighted by molar-refractivity contribution is -0.121. The number of ether oxygens (including phenoxy) is 2. The minimum absolute atomic E-state index is 0.125. The molecule has 1 heterocycles. The van der Waals surface area contributed by atoms with Gasteiger partial charge >= 0.3 is 11.9 Å². The number of carbonyl (C=O) groups is 3. The summed E-state index contributed by atoms with van der Waals surface area (Å²) in [5, 5.41) is 2.84. The van der Waals surface area contributed by atoms with Crippen LogP contribution >= 0.6 is 15.9 Å². The second-order valence-electron chi connectivity index (χ2n) is 7.45. The highest BCUT2D eigenvalue weighted by Gasteiger charge is 2.25. The molecule has 0 atom stereocenters. The van der Waals surface area contributed by atoms with Gasteiger partial charge in [0.2, 0.25) is 5.91 Å². The molecular weight excluding hydrogens is 464 g/mol. The molecule has 0 saturated carbocycles. The van der Waals surface area contributed by atoms with E-state index in [1.54, 1.807) is 0 Å². The number of rotatable bonds is 6. The fourth-order valence-corrected chi connectivity index (χ4v) is 4.11. The number of carbonyl (C=O) groups excluding carboxylic acids is 3. The number of hydrogen-bond acceptors (Lipinski definition) is 6. The number of nitrogens with zero attached hydrogens (tertiary/aromatic N) is 1. The van der Waals surface area contributed by atoms with Gasteiger partial charge in [-0.05, 0) is 61.8 Å². The average Bonchev–Trinajstić information content (AvgIpc) is 2.78. The topological polar surface area (TPSA) is 84.9 Å². The lowest BCUT2D eigenvalue weighted by atomic mass is 9.95. The Kier molecular flexibility index (Phi) is 7.81. The van der Waals surface area contributed by atoms with Crippen molar-refractivity contribution >= 4 is 39.5 Å². The van der Waals surface area contributed by atoms with Gasteiger partial charge in [-0.25, -0.2) is 9.59 Å². The first-order valence-corrected chi connectivity index (χ1v) is 10.8. The van der Waals surface area contributed by atoms with E-state index in [4.69, 9.17) is 9.47 Å². The Morgan fingerprint density at radius 2 is 1.61 bits per heavy atom. The second-order valence-corrected chi connectivity index (χ2v) is 8.37. The molecular formula is C23H25BrN2O5. The van der Waals surface area contributed by atoms with Crippen LogP contribution < -0.4 is 5.32 Å². The summed E-state index contributed by atoms with van der Waals surface area (Å²) in [6.45, 7) is 2.48. The molecule has 31 heavy (non-hydrogen) atoms. The van der Waals surface area contributed by atoms with Gasteiger partial charge in [0.1, 0.15) is 0 Å². The highest BCUT2D eigenvalue weighted by Crippen LogP contribution is 2.23. The molecule has 2 aromatic rings. The molecule has 0 aliphatic carbocycles. The molecule has 2 aromatic carbocycles. The lowest BCUT2D eigenvalue weighted by Gasteiger charge is -2.31. The van der Waals surface area contributed by atoms with Crippen molar-refractivity contribution in [1.82, 2.24) is 4.90 Å². The molecule has 164 valence electrons. The van der Waals surface area contributed by atoms with Crippen molar-refractivity contribution in [3.8, 4) is 0 Å². The van der Waals surface area contributed by atoms with Crippen molar-refractivity contribution in [2.24, 2.45) is 5.92 Å². The third-order valence-corrected chi connectivity index (χ3v) is 5.79. The Balaban J connectivity index is 1.62. The van der Waals surface area contributed by atoms with Gasteiger partial charge in [0, 0.05) is 22.6 Å². The highest BCUT2D eigenvalue weighted by atomic mass is 79.9. The van der Waals surface area contributed by atoms with Crippen LogP contribution in [0.2, 0.25) is 0 Å². The highest BCUT2D eigenvalue weighted by molar-refractivity contribution is 9.10. The van der Waals surface area contributed by atoms with Crippen LogP contribution in [0.3, 0.4) is 0 Å². The second kappa shape index (κ2) is 10.5. The Morgan fingerprint density at radius 3 is 2.16 bits per heavy atom. The van der Waals surface area contributed by atoms with Crippen LogP contribution in [0.25, 0.3) is 0 Å². The zero-order valence-corrected chi connectivity index (χ0v) is 19.1. The summed E-state index contributed by atoms with van der Waals surface area (Å²) in [4.78, 5) is 39.0. The fourth-order valence-electron chi connectivity index (χ4n) is 3.66. The molecule has 0 spiro atoms. The monoisotopic (exact) mass is 488 g/mol. The summed E-state index contributed by atoms with van der Waals surface area (Å²) in [7, 11) is 2.51. The maximum atomic E-state index is 12.8. The summed E-state index contributed by atoms with van der Waals surface area (Å²) >= 11 is 3.49. The van der Waals surface area contributed by atoms with E-state index < -0.39 is 11.9 Å². The zero-order valence-electron chi connectivity index (χ0n) is 17.5. The standard InChI is InChI=1S/C23H25BrN2O5/c1-30-22(28)17-11-18(23(29)31-2)13-20(12-17)25-21(27)16-6-8-26(9-7-16)14-15-4-3-5-19(24)10-15/h3-5,10-13,16H,6-9,14H2,1-2H3,(H,25,27). The predicted octanol–water partition coefficient (Wildman–Crippen LogP) is 3.87. The van der Waals surface area contributed by atoms with Crippen LogP contribution in [0.5, 0.6) is 0 Å². The zero-order chi connectivity index (χ0) is 22.4. The van der Waals surface area contributed by atoms with E-state index in [9.17, 15) is 14.4 Å². The first-order chi connectivity index (χ1) is 14.9. The summed E-state index contributed by atoms with van der Waals surface area (Å²) < 4.78 is 10.5. The third kappa shape index (κ3) is 6.15. The van der Waals surface area contributed by atoms with Crippen LogP contribution in [0.15, 0.2) is 46.9 Å². The number of piperidine rings is 1. The van der Waals surface area contributed by atoms with Gasteiger partial charge < -0.3 is 14.8 Å². The number of amides is 1. The fraction of sp³-hybridized carbons (Fsp3) is 0.348. The van der Waals surface area contributed by atoms with Gasteiger partial charge in [-0.2, -0.15) is 0 Å². The number of nitrogens with one attached hydrogen (secondary N) is 1. The van der Waals surface area contributed by atoms with E-state index in [0.29, 0.717) is 5.69 Å². The van der Waals surface area contributed by atoms with Crippen LogP contribution in [0.4, 0.5) is 5.69 Å². The molecule has 1 aliphatic rings. The van der Waals surface area contributed by atoms with Crippen LogP contribution in [-0.2, 0) is 20.8 Å². The van der Waals surface area contributed by atoms with Gasteiger partial charge in [-0.1, -0.05) is 28.1 Å². The van der Waals surface area contributed by atoms with Crippen molar-refractivity contribution in [3.05, 3.63) is 63.6 Å². The van der Waals surface area contributed by atoms with Crippen LogP contribution in [-0.4, -0.2) is 50.1 Å². The molecule has 1 N–H and O–H groups in total. The Hall–Kier alpha value is -2.71. The minimum atomic E-state index is -0.595. The maximum Gasteiger partial charge on any atom is 0.337 e. The molecule has 3 rings (SSSR count). The largest absolute Gasteiger partial charge is 0.465 e. The average molecular weight is 489 g/mol. The quantitative estimate of drug-likeness (QED) is 0.621. The number of anilines is 1. The van der Waals surface area contributed by atoms with Crippen molar-refractivity contribution in [3.63, 3.8) is 0 Å². The summed E-state index contributed by atoms with van der Waals surface area (Å²) in [5.74, 6) is -1.45. The van der Waals surface area contributed by atoms with Gasteiger partial charge in [-0.3, -0.25) is 9.69 Å². The molecule has 0 aromatic heterocycles. The summed E-state index contributed by atoms with van der Waals surface area (Å²) in [5.41, 5.74) is 1.94. The Labute approximate surface area is 189 Å². The van der Waals surface area contributed by atoms with E-state index in [1.807, 2.05) is 12.1 Å². The molecule has 1 saturated heterocycles. The van der Waals surface area contributed by atoms with Crippen molar-refractivity contribution in [2.45, 2.75) is 19.4 Å². The van der Waals surface area contributed by atoms with Gasteiger partial charge in [0.15, 0.2) is 0 Å². The van der Waals surface area contributed by atoms with E-state index >= 15 is 0 Å². The lowest BCUT2D eigenvalue weighted by Crippen LogP contribution is -2.37. The van der Waals surface area contributed by atoms with Crippen LogP contribution in [0.1, 0.15) is 39.1 Å². The Bertz CT molecular complexity index is 936. The minimum Gasteiger partial charge on any atom is -0.465 e. The molecule has 0 radical (unpaired) electrons. The first-order valence-electron chi connectivity index (χ1n) is 9.99. The number of benzene rings is 2. The molecule has 0 unspecified atom stereocenters. The van der Waals surface area contributed by atoms with E-state index in [1.165, 1.54) is 38.0 Å². The summed E-state index contributed by atoms with van der Waals surface area (Å²) in [6.07, 6.45) is 1.47. The molecule has 8 heteroatoms. The third-order valence-electron chi connectivity index (χ3n) is 5.30. The first kappa shape index (κ1) is 23.0. The number of esters is 2. The number of methoxy groups -OCH3 is 2. The van der Waals surface area contributed by atoms with E-state index in [2.05, 4.69) is 38.3 Å². The maximum absolute atomic E-state index is 12.8. The van der Waals surface area contributed by atoms with Gasteiger partial charge in [0.05, 0.1) is 25.3 Å². The normalized spacial score (nSPS) is 14.7. The SMILES string of the molecule is COC(=O)c1cc(NC(=O)C2CCN(Cc3cccc(Br)c3)CC2)cc(C(=O)OC)c1. The summed E-state index contributed by atoms with van der Waals surface area (Å²) in [6, 6.07) is 12.6. The van der Waals surface area contributed by atoms with E-state index in [0.717, 1.165) is 36.9 Å². The molecule has 1 fully saturated rings.